The standard InChI is InChI=1S/C15H17NO3S/c1-16(8-7-12-4-3-9-20-12)15(18)11-5-6-14(19-2)13(17)10-11/h3-6,9-10,17H,7-8H2,1-2H3. The molecule has 2 aromatic rings. The predicted octanol–water partition coefficient (Wildman–Crippen LogP) is 2.78. The van der Waals surface area contributed by atoms with E-state index < -0.39 is 0 Å². The van der Waals surface area contributed by atoms with E-state index in [1.165, 1.54) is 18.1 Å². The maximum Gasteiger partial charge on any atom is 0.253 e. The number of likely N-dealkylation sites (N-methyl/N-ethyl adjacent to an activating group) is 1. The summed E-state index contributed by atoms with van der Waals surface area (Å²) < 4.78 is 4.96. The van der Waals surface area contributed by atoms with Crippen LogP contribution >= 0.6 is 11.3 Å². The van der Waals surface area contributed by atoms with Crippen LogP contribution < -0.4 is 4.74 Å². The molecule has 1 N–H and O–H groups in total. The van der Waals surface area contributed by atoms with Gasteiger partial charge >= 0.3 is 0 Å². The number of aromatic hydroxyl groups is 1. The van der Waals surface area contributed by atoms with Crippen molar-refractivity contribution in [2.45, 2.75) is 6.42 Å². The van der Waals surface area contributed by atoms with Crippen molar-refractivity contribution in [3.05, 3.63) is 46.2 Å². The van der Waals surface area contributed by atoms with Crippen molar-refractivity contribution in [1.29, 1.82) is 0 Å². The number of benzene rings is 1. The van der Waals surface area contributed by atoms with Gasteiger partial charge in [0, 0.05) is 24.0 Å². The van der Waals surface area contributed by atoms with Gasteiger partial charge in [-0.05, 0) is 36.1 Å². The summed E-state index contributed by atoms with van der Waals surface area (Å²) in [4.78, 5) is 15.1. The lowest BCUT2D eigenvalue weighted by atomic mass is 10.1. The predicted molar refractivity (Wildman–Crippen MR) is 79.6 cm³/mol. The van der Waals surface area contributed by atoms with E-state index in [9.17, 15) is 9.90 Å². The quantitative estimate of drug-likeness (QED) is 0.921. The zero-order chi connectivity index (χ0) is 14.5. The molecule has 0 atom stereocenters. The molecule has 0 bridgehead atoms. The van der Waals surface area contributed by atoms with Crippen LogP contribution in [0.4, 0.5) is 0 Å². The van der Waals surface area contributed by atoms with Gasteiger partial charge in [0.25, 0.3) is 5.91 Å². The molecule has 0 aliphatic carbocycles. The Morgan fingerprint density at radius 1 is 1.40 bits per heavy atom. The smallest absolute Gasteiger partial charge is 0.253 e. The molecule has 20 heavy (non-hydrogen) atoms. The topological polar surface area (TPSA) is 49.8 Å². The van der Waals surface area contributed by atoms with Crippen molar-refractivity contribution in [2.75, 3.05) is 20.7 Å². The van der Waals surface area contributed by atoms with Gasteiger partial charge in [-0.2, -0.15) is 0 Å². The first kappa shape index (κ1) is 14.4. The second-order valence-electron chi connectivity index (χ2n) is 4.44. The van der Waals surface area contributed by atoms with Gasteiger partial charge < -0.3 is 14.7 Å². The minimum Gasteiger partial charge on any atom is -0.504 e. The molecule has 4 nitrogen and oxygen atoms in total. The van der Waals surface area contributed by atoms with Crippen LogP contribution in [0.15, 0.2) is 35.7 Å². The van der Waals surface area contributed by atoms with E-state index in [2.05, 4.69) is 6.07 Å². The molecule has 5 heteroatoms. The number of phenolic OH excluding ortho intramolecular Hbond substituents is 1. The maximum atomic E-state index is 12.2. The van der Waals surface area contributed by atoms with E-state index in [4.69, 9.17) is 4.74 Å². The summed E-state index contributed by atoms with van der Waals surface area (Å²) in [7, 11) is 3.24. The SMILES string of the molecule is COc1ccc(C(=O)N(C)CCc2cccs2)cc1O. The van der Waals surface area contributed by atoms with Gasteiger partial charge in [0.05, 0.1) is 7.11 Å². The van der Waals surface area contributed by atoms with Gasteiger partial charge in [0.15, 0.2) is 11.5 Å². The van der Waals surface area contributed by atoms with Crippen molar-refractivity contribution < 1.29 is 14.6 Å². The lowest BCUT2D eigenvalue weighted by Crippen LogP contribution is -2.28. The summed E-state index contributed by atoms with van der Waals surface area (Å²) in [6.45, 7) is 0.645. The Kier molecular flexibility index (Phi) is 4.63. The number of hydrogen-bond donors (Lipinski definition) is 1. The molecule has 0 spiro atoms. The van der Waals surface area contributed by atoms with Crippen LogP contribution in [0.2, 0.25) is 0 Å². The highest BCUT2D eigenvalue weighted by atomic mass is 32.1. The van der Waals surface area contributed by atoms with E-state index in [-0.39, 0.29) is 11.7 Å². The first-order valence-electron chi connectivity index (χ1n) is 6.26. The second kappa shape index (κ2) is 6.43. The molecule has 1 aromatic heterocycles. The van der Waals surface area contributed by atoms with Crippen molar-refractivity contribution >= 4 is 17.2 Å². The Morgan fingerprint density at radius 2 is 2.20 bits per heavy atom. The van der Waals surface area contributed by atoms with Gasteiger partial charge in [-0.1, -0.05) is 6.07 Å². The number of carbonyl (C=O) groups excluding carboxylic acids is 1. The van der Waals surface area contributed by atoms with Gasteiger partial charge in [0.1, 0.15) is 0 Å². The summed E-state index contributed by atoms with van der Waals surface area (Å²) in [6.07, 6.45) is 0.835. The van der Waals surface area contributed by atoms with Crippen molar-refractivity contribution in [3.63, 3.8) is 0 Å². The van der Waals surface area contributed by atoms with E-state index in [1.54, 1.807) is 35.4 Å². The van der Waals surface area contributed by atoms with Crippen molar-refractivity contribution in [3.8, 4) is 11.5 Å². The van der Waals surface area contributed by atoms with Crippen molar-refractivity contribution in [2.24, 2.45) is 0 Å². The van der Waals surface area contributed by atoms with E-state index >= 15 is 0 Å². The number of hydrogen-bond acceptors (Lipinski definition) is 4. The number of ether oxygens (including phenoxy) is 1. The molecular weight excluding hydrogens is 274 g/mol. The lowest BCUT2D eigenvalue weighted by Gasteiger charge is -2.17. The third kappa shape index (κ3) is 3.30. The number of rotatable bonds is 5. The minimum absolute atomic E-state index is 0.0231. The summed E-state index contributed by atoms with van der Waals surface area (Å²) in [6, 6.07) is 8.74. The average molecular weight is 291 g/mol. The molecule has 1 aromatic carbocycles. The fourth-order valence-corrected chi connectivity index (χ4v) is 2.58. The Bertz CT molecular complexity index is 581. The fourth-order valence-electron chi connectivity index (χ4n) is 1.88. The van der Waals surface area contributed by atoms with E-state index in [0.29, 0.717) is 17.9 Å². The summed E-state index contributed by atoms with van der Waals surface area (Å²) in [5.74, 6) is 0.229. The van der Waals surface area contributed by atoms with Crippen LogP contribution in [0.25, 0.3) is 0 Å². The fraction of sp³-hybridized carbons (Fsp3) is 0.267. The monoisotopic (exact) mass is 291 g/mol. The Morgan fingerprint density at radius 3 is 2.80 bits per heavy atom. The number of thiophene rings is 1. The average Bonchev–Trinajstić information content (AvgIpc) is 2.97. The number of phenols is 1. The molecule has 0 aliphatic heterocycles. The third-order valence-corrected chi connectivity index (χ3v) is 3.98. The van der Waals surface area contributed by atoms with Crippen molar-refractivity contribution in [1.82, 2.24) is 4.90 Å². The van der Waals surface area contributed by atoms with Gasteiger partial charge in [0.2, 0.25) is 0 Å². The van der Waals surface area contributed by atoms with Crippen LogP contribution in [-0.4, -0.2) is 36.6 Å². The Hall–Kier alpha value is -2.01. The summed E-state index contributed by atoms with van der Waals surface area (Å²) >= 11 is 1.69. The zero-order valence-corrected chi connectivity index (χ0v) is 12.3. The first-order valence-corrected chi connectivity index (χ1v) is 7.14. The van der Waals surface area contributed by atoms with E-state index in [0.717, 1.165) is 6.42 Å². The number of amides is 1. The highest BCUT2D eigenvalue weighted by Gasteiger charge is 2.14. The Labute approximate surface area is 122 Å². The lowest BCUT2D eigenvalue weighted by molar-refractivity contribution is 0.0796. The normalized spacial score (nSPS) is 10.3. The largest absolute Gasteiger partial charge is 0.504 e. The number of carbonyl (C=O) groups is 1. The van der Waals surface area contributed by atoms with Gasteiger partial charge in [-0.15, -0.1) is 11.3 Å². The second-order valence-corrected chi connectivity index (χ2v) is 5.47. The summed E-state index contributed by atoms with van der Waals surface area (Å²) in [5.41, 5.74) is 0.456. The van der Waals surface area contributed by atoms with Crippen LogP contribution in [0.1, 0.15) is 15.2 Å². The molecule has 0 radical (unpaired) electrons. The highest BCUT2D eigenvalue weighted by molar-refractivity contribution is 7.09. The maximum absolute atomic E-state index is 12.2. The molecule has 2 rings (SSSR count). The van der Waals surface area contributed by atoms with Crippen LogP contribution in [-0.2, 0) is 6.42 Å². The van der Waals surface area contributed by atoms with Gasteiger partial charge in [-0.3, -0.25) is 4.79 Å². The van der Waals surface area contributed by atoms with Gasteiger partial charge in [-0.25, -0.2) is 0 Å². The molecule has 106 valence electrons. The molecule has 0 fully saturated rings. The molecule has 0 saturated heterocycles. The minimum atomic E-state index is -0.112. The molecule has 1 amide bonds. The highest BCUT2D eigenvalue weighted by Crippen LogP contribution is 2.26. The van der Waals surface area contributed by atoms with Crippen LogP contribution in [0.3, 0.4) is 0 Å². The van der Waals surface area contributed by atoms with Crippen LogP contribution in [0.5, 0.6) is 11.5 Å². The third-order valence-electron chi connectivity index (χ3n) is 3.05. The Balaban J connectivity index is 2.01. The van der Waals surface area contributed by atoms with Crippen LogP contribution in [0, 0.1) is 0 Å². The molecule has 0 saturated carbocycles. The molecule has 1 heterocycles. The zero-order valence-electron chi connectivity index (χ0n) is 11.5. The molecule has 0 aliphatic rings. The molecule has 0 unspecified atom stereocenters. The van der Waals surface area contributed by atoms with E-state index in [1.807, 2.05) is 11.4 Å². The summed E-state index contributed by atoms with van der Waals surface area (Å²) in [5, 5.41) is 11.7. The number of nitrogens with zero attached hydrogens (tertiary/aromatic N) is 1. The molecular formula is C15H17NO3S. The number of methoxy groups -OCH3 is 1. The first-order chi connectivity index (χ1) is 9.61.